The summed E-state index contributed by atoms with van der Waals surface area (Å²) in [5, 5.41) is 18.3. The Morgan fingerprint density at radius 2 is 1.92 bits per heavy atom. The maximum atomic E-state index is 10.6. The topological polar surface area (TPSA) is 83.6 Å². The van der Waals surface area contributed by atoms with E-state index < -0.39 is 18.1 Å². The number of hydrogen-bond acceptors (Lipinski definition) is 3. The van der Waals surface area contributed by atoms with Gasteiger partial charge in [0.25, 0.3) is 0 Å². The largest absolute Gasteiger partial charge is 0.480 e. The highest BCUT2D eigenvalue weighted by atomic mass is 16.4. The van der Waals surface area contributed by atoms with Crippen LogP contribution in [0.5, 0.6) is 0 Å². The van der Waals surface area contributed by atoms with Gasteiger partial charge in [-0.2, -0.15) is 0 Å². The summed E-state index contributed by atoms with van der Waals surface area (Å²) in [4.78, 5) is 10.6. The zero-order chi connectivity index (χ0) is 9.84. The minimum Gasteiger partial charge on any atom is -0.480 e. The number of rotatable bonds is 2. The molecule has 1 fully saturated rings. The van der Waals surface area contributed by atoms with E-state index >= 15 is 0 Å². The van der Waals surface area contributed by atoms with Crippen molar-refractivity contribution in [3.63, 3.8) is 0 Å². The smallest absolute Gasteiger partial charge is 0.320 e. The number of hydrogen-bond donors (Lipinski definition) is 3. The molecule has 0 aromatic heterocycles. The Kier molecular flexibility index (Phi) is 3.69. The molecule has 0 aromatic rings. The van der Waals surface area contributed by atoms with Gasteiger partial charge < -0.3 is 15.9 Å². The second kappa shape index (κ2) is 4.58. The third-order valence-corrected chi connectivity index (χ3v) is 2.78. The molecule has 13 heavy (non-hydrogen) atoms. The molecule has 0 amide bonds. The third-order valence-electron chi connectivity index (χ3n) is 2.78. The molecule has 4 heteroatoms. The summed E-state index contributed by atoms with van der Waals surface area (Å²) in [5.74, 6) is -1.27. The average Bonchev–Trinajstić information content (AvgIpc) is 2.28. The highest BCUT2D eigenvalue weighted by molar-refractivity contribution is 5.73. The summed E-state index contributed by atoms with van der Waals surface area (Å²) in [6, 6.07) is -0.909. The van der Waals surface area contributed by atoms with Crippen molar-refractivity contribution in [3.05, 3.63) is 0 Å². The number of nitrogens with two attached hydrogens (primary N) is 1. The minimum atomic E-state index is -1.01. The van der Waals surface area contributed by atoms with Crippen molar-refractivity contribution in [2.75, 3.05) is 0 Å². The number of carboxylic acid groups (broad SMARTS) is 1. The number of aliphatic hydroxyl groups excluding tert-OH is 1. The molecule has 1 unspecified atom stereocenters. The first-order valence-electron chi connectivity index (χ1n) is 4.79. The SMILES string of the molecule is N[C@H](C(=O)O)[C@H]1CCCCCC1O. The van der Waals surface area contributed by atoms with Crippen molar-refractivity contribution in [2.24, 2.45) is 11.7 Å². The fourth-order valence-electron chi connectivity index (χ4n) is 1.92. The van der Waals surface area contributed by atoms with Gasteiger partial charge in [0.2, 0.25) is 0 Å². The van der Waals surface area contributed by atoms with Crippen LogP contribution in [0.4, 0.5) is 0 Å². The normalized spacial score (nSPS) is 32.2. The Bertz CT molecular complexity index is 184. The number of carboxylic acids is 1. The van der Waals surface area contributed by atoms with Crippen LogP contribution in [0.25, 0.3) is 0 Å². The van der Waals surface area contributed by atoms with Crippen LogP contribution >= 0.6 is 0 Å². The summed E-state index contributed by atoms with van der Waals surface area (Å²) in [6.45, 7) is 0. The van der Waals surface area contributed by atoms with E-state index in [4.69, 9.17) is 10.8 Å². The lowest BCUT2D eigenvalue weighted by atomic mass is 9.90. The summed E-state index contributed by atoms with van der Waals surface area (Å²) >= 11 is 0. The predicted molar refractivity (Wildman–Crippen MR) is 48.2 cm³/mol. The quantitative estimate of drug-likeness (QED) is 0.544. The van der Waals surface area contributed by atoms with Gasteiger partial charge in [-0.25, -0.2) is 0 Å². The van der Waals surface area contributed by atoms with Gasteiger partial charge >= 0.3 is 5.97 Å². The highest BCUT2D eigenvalue weighted by Gasteiger charge is 2.31. The monoisotopic (exact) mass is 187 g/mol. The standard InChI is InChI=1S/C9H17NO3/c10-8(9(12)13)6-4-2-1-3-5-7(6)11/h6-8,11H,1-5,10H2,(H,12,13)/t6-,7?,8-/m0/s1. The van der Waals surface area contributed by atoms with E-state index in [1.54, 1.807) is 0 Å². The Morgan fingerprint density at radius 3 is 2.54 bits per heavy atom. The molecule has 4 nitrogen and oxygen atoms in total. The molecule has 1 rings (SSSR count). The van der Waals surface area contributed by atoms with Gasteiger partial charge in [0, 0.05) is 5.92 Å². The van der Waals surface area contributed by atoms with Crippen molar-refractivity contribution >= 4 is 5.97 Å². The Labute approximate surface area is 77.7 Å². The summed E-state index contributed by atoms with van der Waals surface area (Å²) in [5.41, 5.74) is 5.49. The molecule has 0 bridgehead atoms. The van der Waals surface area contributed by atoms with Gasteiger partial charge in [-0.15, -0.1) is 0 Å². The summed E-state index contributed by atoms with van der Waals surface area (Å²) < 4.78 is 0. The Balaban J connectivity index is 2.58. The van der Waals surface area contributed by atoms with Crippen molar-refractivity contribution in [3.8, 4) is 0 Å². The van der Waals surface area contributed by atoms with Crippen molar-refractivity contribution in [1.82, 2.24) is 0 Å². The van der Waals surface area contributed by atoms with Gasteiger partial charge in [-0.1, -0.05) is 19.3 Å². The van der Waals surface area contributed by atoms with E-state index in [0.717, 1.165) is 25.7 Å². The molecule has 0 radical (unpaired) electrons. The Morgan fingerprint density at radius 1 is 1.31 bits per heavy atom. The van der Waals surface area contributed by atoms with E-state index in [1.807, 2.05) is 0 Å². The van der Waals surface area contributed by atoms with Crippen molar-refractivity contribution < 1.29 is 15.0 Å². The summed E-state index contributed by atoms with van der Waals surface area (Å²) in [7, 11) is 0. The molecular weight excluding hydrogens is 170 g/mol. The number of carbonyl (C=O) groups is 1. The number of aliphatic carboxylic acids is 1. The lowest BCUT2D eigenvalue weighted by Gasteiger charge is -2.23. The van der Waals surface area contributed by atoms with Gasteiger partial charge in [0.05, 0.1) is 6.10 Å². The van der Waals surface area contributed by atoms with E-state index in [9.17, 15) is 9.90 Å². The molecule has 3 atom stereocenters. The van der Waals surface area contributed by atoms with Crippen molar-refractivity contribution in [2.45, 2.75) is 44.2 Å². The fourth-order valence-corrected chi connectivity index (χ4v) is 1.92. The highest BCUT2D eigenvalue weighted by Crippen LogP contribution is 2.25. The first-order valence-corrected chi connectivity index (χ1v) is 4.79. The first kappa shape index (κ1) is 10.5. The van der Waals surface area contributed by atoms with Gasteiger partial charge in [0.15, 0.2) is 0 Å². The molecule has 0 saturated heterocycles. The van der Waals surface area contributed by atoms with Crippen LogP contribution < -0.4 is 5.73 Å². The molecule has 0 spiro atoms. The van der Waals surface area contributed by atoms with Crippen LogP contribution in [0.2, 0.25) is 0 Å². The van der Waals surface area contributed by atoms with Crippen LogP contribution in [-0.4, -0.2) is 28.3 Å². The maximum absolute atomic E-state index is 10.6. The van der Waals surface area contributed by atoms with Gasteiger partial charge in [-0.05, 0) is 12.8 Å². The Hall–Kier alpha value is -0.610. The minimum absolute atomic E-state index is 0.264. The molecule has 76 valence electrons. The molecular formula is C9H17NO3. The first-order chi connectivity index (χ1) is 6.13. The molecule has 1 aliphatic carbocycles. The summed E-state index contributed by atoms with van der Waals surface area (Å²) in [6.07, 6.45) is 3.90. The lowest BCUT2D eigenvalue weighted by Crippen LogP contribution is -2.43. The molecule has 0 aliphatic heterocycles. The van der Waals surface area contributed by atoms with Gasteiger partial charge in [-0.3, -0.25) is 4.79 Å². The second-order valence-electron chi connectivity index (χ2n) is 3.73. The molecule has 4 N–H and O–H groups in total. The number of aliphatic hydroxyl groups is 1. The van der Waals surface area contributed by atoms with E-state index in [2.05, 4.69) is 0 Å². The molecule has 1 aliphatic rings. The zero-order valence-corrected chi connectivity index (χ0v) is 7.65. The maximum Gasteiger partial charge on any atom is 0.320 e. The van der Waals surface area contributed by atoms with Gasteiger partial charge in [0.1, 0.15) is 6.04 Å². The van der Waals surface area contributed by atoms with Crippen LogP contribution in [0.15, 0.2) is 0 Å². The van der Waals surface area contributed by atoms with Crippen LogP contribution in [-0.2, 0) is 4.79 Å². The fraction of sp³-hybridized carbons (Fsp3) is 0.889. The molecule has 0 heterocycles. The van der Waals surface area contributed by atoms with E-state index in [0.29, 0.717) is 6.42 Å². The molecule has 0 aromatic carbocycles. The van der Waals surface area contributed by atoms with Crippen molar-refractivity contribution in [1.29, 1.82) is 0 Å². The predicted octanol–water partition coefficient (Wildman–Crippen LogP) is 0.339. The second-order valence-corrected chi connectivity index (χ2v) is 3.73. The third kappa shape index (κ3) is 2.67. The lowest BCUT2D eigenvalue weighted by molar-refractivity contribution is -0.141. The van der Waals surface area contributed by atoms with E-state index in [1.165, 1.54) is 0 Å². The molecule has 1 saturated carbocycles. The van der Waals surface area contributed by atoms with Crippen LogP contribution in [0.3, 0.4) is 0 Å². The average molecular weight is 187 g/mol. The van der Waals surface area contributed by atoms with Crippen LogP contribution in [0.1, 0.15) is 32.1 Å². The van der Waals surface area contributed by atoms with E-state index in [-0.39, 0.29) is 5.92 Å². The van der Waals surface area contributed by atoms with Crippen LogP contribution in [0, 0.1) is 5.92 Å². The zero-order valence-electron chi connectivity index (χ0n) is 7.65.